The summed E-state index contributed by atoms with van der Waals surface area (Å²) in [7, 11) is 0. The number of para-hydroxylation sites is 3. The summed E-state index contributed by atoms with van der Waals surface area (Å²) in [5.74, 6) is 0.695. The molecule has 11 rings (SSSR count). The monoisotopic (exact) mass is 715 g/mol. The zero-order chi connectivity index (χ0) is 37.0. The second-order valence-corrected chi connectivity index (χ2v) is 14.1. The zero-order valence-electron chi connectivity index (χ0n) is 30.3. The van der Waals surface area contributed by atoms with E-state index in [1.165, 1.54) is 16.2 Å². The standard InChI is InChI=1S/C51H33N5/c1-4-14-34(15-5-1)45-32-46(35-16-6-2-7-17-35)54-50(53-45)36-24-27-40(28-25-36)55-47-22-12-10-20-41(47)43-30-37(26-29-49(43)55)38-31-44-42-21-11-13-23-48(42)56(51(44)52-33-38)39-18-8-3-9-19-39/h1-33H. The van der Waals surface area contributed by atoms with Gasteiger partial charge in [-0.05, 0) is 78.4 Å². The predicted octanol–water partition coefficient (Wildman–Crippen LogP) is 12.7. The van der Waals surface area contributed by atoms with E-state index in [4.69, 9.17) is 15.0 Å². The Morgan fingerprint density at radius 3 is 1.48 bits per heavy atom. The van der Waals surface area contributed by atoms with Crippen LogP contribution in [0.15, 0.2) is 200 Å². The van der Waals surface area contributed by atoms with E-state index in [1.54, 1.807) is 0 Å². The van der Waals surface area contributed by atoms with Crippen LogP contribution in [0, 0.1) is 0 Å². The third kappa shape index (κ3) is 5.29. The number of hydrogen-bond donors (Lipinski definition) is 0. The van der Waals surface area contributed by atoms with Crippen molar-refractivity contribution in [3.8, 4) is 56.4 Å². The van der Waals surface area contributed by atoms with Crippen LogP contribution < -0.4 is 0 Å². The van der Waals surface area contributed by atoms with E-state index < -0.39 is 0 Å². The van der Waals surface area contributed by atoms with Gasteiger partial charge in [0.05, 0.1) is 27.9 Å². The van der Waals surface area contributed by atoms with Gasteiger partial charge in [-0.1, -0.05) is 121 Å². The molecule has 0 saturated carbocycles. The molecule has 4 heterocycles. The van der Waals surface area contributed by atoms with Gasteiger partial charge in [-0.15, -0.1) is 0 Å². The van der Waals surface area contributed by atoms with Crippen LogP contribution in [0.4, 0.5) is 0 Å². The van der Waals surface area contributed by atoms with Crippen LogP contribution in [-0.4, -0.2) is 24.1 Å². The van der Waals surface area contributed by atoms with Gasteiger partial charge in [0.2, 0.25) is 0 Å². The van der Waals surface area contributed by atoms with E-state index >= 15 is 0 Å². The van der Waals surface area contributed by atoms with Crippen molar-refractivity contribution in [3.05, 3.63) is 200 Å². The van der Waals surface area contributed by atoms with Crippen LogP contribution in [0.2, 0.25) is 0 Å². The summed E-state index contributed by atoms with van der Waals surface area (Å²) in [5.41, 5.74) is 13.7. The molecule has 5 heteroatoms. The highest BCUT2D eigenvalue weighted by atomic mass is 15.0. The maximum atomic E-state index is 5.09. The lowest BCUT2D eigenvalue weighted by molar-refractivity contribution is 1.14. The molecule has 0 spiro atoms. The van der Waals surface area contributed by atoms with Crippen molar-refractivity contribution < 1.29 is 0 Å². The molecule has 0 amide bonds. The molecule has 5 nitrogen and oxygen atoms in total. The Morgan fingerprint density at radius 1 is 0.321 bits per heavy atom. The minimum Gasteiger partial charge on any atom is -0.309 e. The third-order valence-electron chi connectivity index (χ3n) is 10.8. The molecule has 262 valence electrons. The summed E-state index contributed by atoms with van der Waals surface area (Å²) >= 11 is 0. The van der Waals surface area contributed by atoms with E-state index in [1.807, 2.05) is 48.7 Å². The number of pyridine rings is 1. The van der Waals surface area contributed by atoms with Gasteiger partial charge in [0, 0.05) is 61.4 Å². The molecule has 4 aromatic heterocycles. The van der Waals surface area contributed by atoms with Crippen molar-refractivity contribution in [2.75, 3.05) is 0 Å². The van der Waals surface area contributed by atoms with Gasteiger partial charge in [-0.3, -0.25) is 4.57 Å². The maximum absolute atomic E-state index is 5.09. The SMILES string of the molecule is c1ccc(-c2cc(-c3ccccc3)nc(-c3ccc(-n4c5ccccc5c5cc(-c6cnc7c(c6)c6ccccc6n7-c6ccccc6)ccc54)cc3)n2)cc1. The van der Waals surface area contributed by atoms with Crippen molar-refractivity contribution >= 4 is 43.7 Å². The average molecular weight is 716 g/mol. The number of rotatable bonds is 6. The summed E-state index contributed by atoms with van der Waals surface area (Å²) in [6, 6.07) is 68.1. The molecule has 0 atom stereocenters. The summed E-state index contributed by atoms with van der Waals surface area (Å²) in [4.78, 5) is 15.2. The molecular formula is C51H33N5. The summed E-state index contributed by atoms with van der Waals surface area (Å²) in [6.07, 6.45) is 2.01. The Bertz CT molecular complexity index is 3160. The molecule has 0 bridgehead atoms. The smallest absolute Gasteiger partial charge is 0.160 e. The molecule has 0 aliphatic carbocycles. The third-order valence-corrected chi connectivity index (χ3v) is 10.8. The maximum Gasteiger partial charge on any atom is 0.160 e. The second-order valence-electron chi connectivity index (χ2n) is 14.1. The number of hydrogen-bond acceptors (Lipinski definition) is 3. The first-order valence-electron chi connectivity index (χ1n) is 18.9. The van der Waals surface area contributed by atoms with Crippen LogP contribution >= 0.6 is 0 Å². The number of fused-ring (bicyclic) bond motifs is 6. The Balaban J connectivity index is 1.01. The molecule has 0 saturated heterocycles. The lowest BCUT2D eigenvalue weighted by atomic mass is 10.0. The Kier molecular flexibility index (Phi) is 7.42. The topological polar surface area (TPSA) is 48.5 Å². The number of nitrogens with zero attached hydrogens (tertiary/aromatic N) is 5. The van der Waals surface area contributed by atoms with Gasteiger partial charge in [0.1, 0.15) is 5.65 Å². The second kappa shape index (κ2) is 13.0. The van der Waals surface area contributed by atoms with Crippen molar-refractivity contribution in [2.45, 2.75) is 0 Å². The fraction of sp³-hybridized carbons (Fsp3) is 0. The highest BCUT2D eigenvalue weighted by molar-refractivity contribution is 6.12. The molecule has 0 N–H and O–H groups in total. The van der Waals surface area contributed by atoms with Crippen molar-refractivity contribution in [1.82, 2.24) is 24.1 Å². The average Bonchev–Trinajstić information content (AvgIpc) is 3.79. The van der Waals surface area contributed by atoms with Gasteiger partial charge in [-0.2, -0.15) is 0 Å². The van der Waals surface area contributed by atoms with Crippen LogP contribution in [0.5, 0.6) is 0 Å². The van der Waals surface area contributed by atoms with Crippen molar-refractivity contribution in [2.24, 2.45) is 0 Å². The van der Waals surface area contributed by atoms with Crippen LogP contribution in [-0.2, 0) is 0 Å². The lowest BCUT2D eigenvalue weighted by Gasteiger charge is -2.11. The first-order valence-corrected chi connectivity index (χ1v) is 18.9. The minimum absolute atomic E-state index is 0.695. The van der Waals surface area contributed by atoms with Crippen LogP contribution in [0.25, 0.3) is 100 Å². The molecule has 0 aliphatic heterocycles. The Labute approximate surface area is 323 Å². The summed E-state index contributed by atoms with van der Waals surface area (Å²) < 4.78 is 4.61. The van der Waals surface area contributed by atoms with Crippen molar-refractivity contribution in [1.29, 1.82) is 0 Å². The minimum atomic E-state index is 0.695. The highest BCUT2D eigenvalue weighted by Crippen LogP contribution is 2.38. The van der Waals surface area contributed by atoms with Crippen molar-refractivity contribution in [3.63, 3.8) is 0 Å². The fourth-order valence-corrected chi connectivity index (χ4v) is 8.12. The van der Waals surface area contributed by atoms with Crippen LogP contribution in [0.1, 0.15) is 0 Å². The fourth-order valence-electron chi connectivity index (χ4n) is 8.12. The lowest BCUT2D eigenvalue weighted by Crippen LogP contribution is -1.97. The normalized spacial score (nSPS) is 11.6. The molecule has 11 aromatic rings. The molecule has 0 unspecified atom stereocenters. The van der Waals surface area contributed by atoms with Gasteiger partial charge in [0.25, 0.3) is 0 Å². The van der Waals surface area contributed by atoms with Gasteiger partial charge in [-0.25, -0.2) is 15.0 Å². The Hall–Kier alpha value is -7.63. The molecule has 0 fully saturated rings. The molecule has 7 aromatic carbocycles. The highest BCUT2D eigenvalue weighted by Gasteiger charge is 2.17. The quantitative estimate of drug-likeness (QED) is 0.172. The number of aromatic nitrogens is 5. The molecular weight excluding hydrogens is 683 g/mol. The van der Waals surface area contributed by atoms with Gasteiger partial charge < -0.3 is 4.57 Å². The van der Waals surface area contributed by atoms with Gasteiger partial charge >= 0.3 is 0 Å². The van der Waals surface area contributed by atoms with E-state index in [0.29, 0.717) is 5.82 Å². The largest absolute Gasteiger partial charge is 0.309 e. The Morgan fingerprint density at radius 2 is 0.821 bits per heavy atom. The van der Waals surface area contributed by atoms with E-state index in [2.05, 4.69) is 161 Å². The summed E-state index contributed by atoms with van der Waals surface area (Å²) in [6.45, 7) is 0. The summed E-state index contributed by atoms with van der Waals surface area (Å²) in [5, 5.41) is 4.73. The van der Waals surface area contributed by atoms with Crippen LogP contribution in [0.3, 0.4) is 0 Å². The predicted molar refractivity (Wildman–Crippen MR) is 230 cm³/mol. The molecule has 56 heavy (non-hydrogen) atoms. The zero-order valence-corrected chi connectivity index (χ0v) is 30.3. The first kappa shape index (κ1) is 31.9. The van der Waals surface area contributed by atoms with E-state index in [9.17, 15) is 0 Å². The molecule has 0 radical (unpaired) electrons. The number of benzene rings is 7. The molecule has 0 aliphatic rings. The van der Waals surface area contributed by atoms with Gasteiger partial charge in [0.15, 0.2) is 5.82 Å². The first-order chi connectivity index (χ1) is 27.8. The van der Waals surface area contributed by atoms with E-state index in [-0.39, 0.29) is 0 Å². The van der Waals surface area contributed by atoms with E-state index in [0.717, 1.165) is 78.2 Å².